The Morgan fingerprint density at radius 3 is 2.62 bits per heavy atom. The number of carbonyl (C=O) groups is 3. The molecule has 1 aromatic heterocycles. The fourth-order valence-corrected chi connectivity index (χ4v) is 4.65. The van der Waals surface area contributed by atoms with Crippen molar-refractivity contribution in [3.63, 3.8) is 0 Å². The smallest absolute Gasteiger partial charge is 0.409 e. The minimum Gasteiger partial charge on any atom is -0.450 e. The SMILES string of the molecule is CCOC(=O)N1CCN(C2=NC3C(C(=O)NC(=O)N3C)N2CCSc2ncccn2)CC1. The first-order valence-electron chi connectivity index (χ1n) is 10.5. The normalized spacial score (nSPS) is 23.1. The van der Waals surface area contributed by atoms with E-state index in [4.69, 9.17) is 9.73 Å². The second-order valence-corrected chi connectivity index (χ2v) is 8.50. The van der Waals surface area contributed by atoms with Gasteiger partial charge in [-0.2, -0.15) is 0 Å². The number of fused-ring (bicyclic) bond motifs is 1. The van der Waals surface area contributed by atoms with Gasteiger partial charge in [0.25, 0.3) is 5.91 Å². The van der Waals surface area contributed by atoms with Gasteiger partial charge in [0.1, 0.15) is 0 Å². The van der Waals surface area contributed by atoms with Crippen LogP contribution < -0.4 is 5.32 Å². The molecule has 0 radical (unpaired) electrons. The van der Waals surface area contributed by atoms with Gasteiger partial charge in [0.05, 0.1) is 6.61 Å². The van der Waals surface area contributed by atoms with Crippen LogP contribution in [0.4, 0.5) is 9.59 Å². The number of ether oxygens (including phenoxy) is 1. The number of carbonyl (C=O) groups excluding carboxylic acids is 3. The van der Waals surface area contributed by atoms with Crippen LogP contribution in [-0.2, 0) is 9.53 Å². The Bertz CT molecular complexity index is 893. The van der Waals surface area contributed by atoms with Gasteiger partial charge in [0.15, 0.2) is 23.3 Å². The number of aromatic nitrogens is 2. The average molecular weight is 463 g/mol. The van der Waals surface area contributed by atoms with Gasteiger partial charge in [-0.05, 0) is 13.0 Å². The van der Waals surface area contributed by atoms with Gasteiger partial charge in [-0.3, -0.25) is 10.1 Å². The van der Waals surface area contributed by atoms with Crippen molar-refractivity contribution < 1.29 is 19.1 Å². The van der Waals surface area contributed by atoms with Crippen LogP contribution in [0.5, 0.6) is 0 Å². The highest BCUT2D eigenvalue weighted by atomic mass is 32.2. The summed E-state index contributed by atoms with van der Waals surface area (Å²) in [6.07, 6.45) is 2.46. The lowest BCUT2D eigenvalue weighted by Gasteiger charge is -2.40. The molecule has 32 heavy (non-hydrogen) atoms. The van der Waals surface area contributed by atoms with Crippen LogP contribution in [0.2, 0.25) is 0 Å². The Kier molecular flexibility index (Phi) is 6.63. The number of hydrogen-bond donors (Lipinski definition) is 1. The van der Waals surface area contributed by atoms with Crippen molar-refractivity contribution >= 4 is 35.8 Å². The molecular formula is C19H26N8O4S. The number of likely N-dealkylation sites (N-methyl/N-ethyl adjacent to an activating group) is 1. The molecule has 0 spiro atoms. The second kappa shape index (κ2) is 9.59. The number of thioether (sulfide) groups is 1. The van der Waals surface area contributed by atoms with Gasteiger partial charge >= 0.3 is 12.1 Å². The molecule has 0 aliphatic carbocycles. The summed E-state index contributed by atoms with van der Waals surface area (Å²) in [5.41, 5.74) is 0. The van der Waals surface area contributed by atoms with Crippen LogP contribution in [0, 0.1) is 0 Å². The van der Waals surface area contributed by atoms with Crippen molar-refractivity contribution in [3.8, 4) is 0 Å². The van der Waals surface area contributed by atoms with E-state index in [9.17, 15) is 14.4 Å². The number of hydrogen-bond acceptors (Lipinski definition) is 10. The number of guanidine groups is 1. The summed E-state index contributed by atoms with van der Waals surface area (Å²) in [7, 11) is 1.63. The molecule has 4 rings (SSSR count). The highest BCUT2D eigenvalue weighted by molar-refractivity contribution is 7.99. The maximum Gasteiger partial charge on any atom is 0.409 e. The van der Waals surface area contributed by atoms with Crippen molar-refractivity contribution in [2.45, 2.75) is 24.3 Å². The lowest BCUT2D eigenvalue weighted by molar-refractivity contribution is -0.127. The Labute approximate surface area is 190 Å². The molecule has 0 bridgehead atoms. The van der Waals surface area contributed by atoms with Gasteiger partial charge in [-0.15, -0.1) is 0 Å². The zero-order chi connectivity index (χ0) is 22.7. The van der Waals surface area contributed by atoms with E-state index < -0.39 is 18.2 Å². The standard InChI is InChI=1S/C19H26N8O4S/c1-3-31-19(30)26-9-7-25(8-10-26)17-22-14-13(15(28)23-18(29)24(14)2)27(17)11-12-32-16-20-5-4-6-21-16/h4-6,13-14H,3,7-12H2,1-2H3,(H,23,28,29). The zero-order valence-corrected chi connectivity index (χ0v) is 18.8. The number of nitrogens with one attached hydrogen (secondary N) is 1. The van der Waals surface area contributed by atoms with E-state index in [0.29, 0.717) is 56.2 Å². The maximum absolute atomic E-state index is 12.7. The van der Waals surface area contributed by atoms with E-state index >= 15 is 0 Å². The number of amides is 4. The second-order valence-electron chi connectivity index (χ2n) is 7.44. The van der Waals surface area contributed by atoms with Crippen LogP contribution in [0.3, 0.4) is 0 Å². The molecule has 2 atom stereocenters. The Hall–Kier alpha value is -3.09. The molecule has 12 nitrogen and oxygen atoms in total. The van der Waals surface area contributed by atoms with Gasteiger partial charge in [-0.1, -0.05) is 11.8 Å². The highest BCUT2D eigenvalue weighted by Crippen LogP contribution is 2.27. The van der Waals surface area contributed by atoms with Crippen LogP contribution >= 0.6 is 11.8 Å². The highest BCUT2D eigenvalue weighted by Gasteiger charge is 2.49. The largest absolute Gasteiger partial charge is 0.450 e. The third-order valence-electron chi connectivity index (χ3n) is 5.53. The third kappa shape index (κ3) is 4.42. The first kappa shape index (κ1) is 22.1. The summed E-state index contributed by atoms with van der Waals surface area (Å²) in [5, 5.41) is 3.07. The zero-order valence-electron chi connectivity index (χ0n) is 18.0. The van der Waals surface area contributed by atoms with Crippen LogP contribution in [0.1, 0.15) is 6.92 Å². The van der Waals surface area contributed by atoms with Crippen LogP contribution in [0.15, 0.2) is 28.6 Å². The molecule has 1 N–H and O–H groups in total. The first-order chi connectivity index (χ1) is 15.5. The van der Waals surface area contributed by atoms with E-state index in [1.807, 2.05) is 4.90 Å². The summed E-state index contributed by atoms with van der Waals surface area (Å²) in [6, 6.07) is 0.697. The fourth-order valence-electron chi connectivity index (χ4n) is 3.91. The van der Waals surface area contributed by atoms with Crippen molar-refractivity contribution in [1.29, 1.82) is 0 Å². The Morgan fingerprint density at radius 2 is 1.94 bits per heavy atom. The third-order valence-corrected chi connectivity index (χ3v) is 6.39. The summed E-state index contributed by atoms with van der Waals surface area (Å²) >= 11 is 1.49. The molecule has 3 aliphatic rings. The number of nitrogens with zero attached hydrogens (tertiary/aromatic N) is 7. The van der Waals surface area contributed by atoms with Gasteiger partial charge in [0.2, 0.25) is 0 Å². The number of urea groups is 1. The number of piperazine rings is 1. The molecule has 2 unspecified atom stereocenters. The number of rotatable bonds is 5. The van der Waals surface area contributed by atoms with E-state index in [1.165, 1.54) is 16.7 Å². The molecule has 1 aromatic rings. The molecule has 2 fully saturated rings. The molecule has 3 aliphatic heterocycles. The molecule has 0 aromatic carbocycles. The van der Waals surface area contributed by atoms with Crippen LogP contribution in [0.25, 0.3) is 0 Å². The van der Waals surface area contributed by atoms with E-state index in [-0.39, 0.29) is 12.0 Å². The Morgan fingerprint density at radius 1 is 1.22 bits per heavy atom. The monoisotopic (exact) mass is 462 g/mol. The van der Waals surface area contributed by atoms with Crippen molar-refractivity contribution in [1.82, 2.24) is 34.9 Å². The summed E-state index contributed by atoms with van der Waals surface area (Å²) in [5.74, 6) is 0.942. The predicted molar refractivity (Wildman–Crippen MR) is 116 cm³/mol. The molecule has 4 amide bonds. The summed E-state index contributed by atoms with van der Waals surface area (Å²) < 4.78 is 5.09. The van der Waals surface area contributed by atoms with Gasteiger partial charge in [0, 0.05) is 57.9 Å². The molecular weight excluding hydrogens is 436 g/mol. The number of aliphatic imine (C=N–C) groups is 1. The van der Waals surface area contributed by atoms with E-state index in [0.717, 1.165) is 0 Å². The molecule has 0 saturated carbocycles. The fraction of sp³-hybridized carbons (Fsp3) is 0.579. The number of imide groups is 1. The molecule has 172 valence electrons. The van der Waals surface area contributed by atoms with E-state index in [2.05, 4.69) is 20.2 Å². The lowest BCUT2D eigenvalue weighted by atomic mass is 10.1. The van der Waals surface area contributed by atoms with Crippen molar-refractivity contribution in [3.05, 3.63) is 18.5 Å². The van der Waals surface area contributed by atoms with E-state index in [1.54, 1.807) is 37.3 Å². The van der Waals surface area contributed by atoms with Gasteiger partial charge in [-0.25, -0.2) is 24.5 Å². The minimum absolute atomic E-state index is 0.324. The average Bonchev–Trinajstić information content (AvgIpc) is 3.19. The van der Waals surface area contributed by atoms with Gasteiger partial charge < -0.3 is 24.3 Å². The first-order valence-corrected chi connectivity index (χ1v) is 11.5. The Balaban J connectivity index is 1.48. The molecule has 13 heteroatoms. The van der Waals surface area contributed by atoms with Crippen molar-refractivity contribution in [2.24, 2.45) is 4.99 Å². The topological polar surface area (TPSA) is 124 Å². The quantitative estimate of drug-likeness (QED) is 0.471. The maximum atomic E-state index is 12.7. The van der Waals surface area contributed by atoms with Crippen LogP contribution in [-0.4, -0.2) is 118 Å². The molecule has 4 heterocycles. The summed E-state index contributed by atoms with van der Waals surface area (Å²) in [6.45, 7) is 4.74. The lowest BCUT2D eigenvalue weighted by Crippen LogP contribution is -2.65. The molecule has 2 saturated heterocycles. The predicted octanol–water partition coefficient (Wildman–Crippen LogP) is -0.109. The summed E-state index contributed by atoms with van der Waals surface area (Å²) in [4.78, 5) is 57.2. The van der Waals surface area contributed by atoms with Crippen molar-refractivity contribution in [2.75, 3.05) is 52.1 Å². The minimum atomic E-state index is -0.604.